The van der Waals surface area contributed by atoms with E-state index in [2.05, 4.69) is 4.98 Å². The van der Waals surface area contributed by atoms with Crippen molar-refractivity contribution in [2.45, 2.75) is 25.3 Å². The molecule has 0 aliphatic carbocycles. The summed E-state index contributed by atoms with van der Waals surface area (Å²) in [5.74, 6) is -0.761. The Morgan fingerprint density at radius 2 is 2.20 bits per heavy atom. The molecule has 1 saturated heterocycles. The average molecular weight is 291 g/mol. The van der Waals surface area contributed by atoms with E-state index >= 15 is 0 Å². The van der Waals surface area contributed by atoms with E-state index in [0.29, 0.717) is 11.4 Å². The standard InChI is InChI=1S/C15H15ClN2O2/c16-10-4-5-11-12(9-10)17-7-6-13(11)18-8-2-1-3-14(18)15(19)20/h4-7,9,14H,1-3,8H2,(H,19,20). The van der Waals surface area contributed by atoms with Gasteiger partial charge in [0, 0.05) is 28.8 Å². The van der Waals surface area contributed by atoms with E-state index in [1.54, 1.807) is 12.3 Å². The fourth-order valence-corrected chi connectivity index (χ4v) is 3.00. The predicted octanol–water partition coefficient (Wildman–Crippen LogP) is 3.33. The molecule has 0 bridgehead atoms. The quantitative estimate of drug-likeness (QED) is 0.922. The third-order valence-corrected chi connectivity index (χ3v) is 4.01. The van der Waals surface area contributed by atoms with E-state index < -0.39 is 12.0 Å². The average Bonchev–Trinajstić information content (AvgIpc) is 2.46. The van der Waals surface area contributed by atoms with Gasteiger partial charge in [-0.3, -0.25) is 4.98 Å². The van der Waals surface area contributed by atoms with Crippen LogP contribution >= 0.6 is 11.6 Å². The molecule has 1 unspecified atom stereocenters. The fraction of sp³-hybridized carbons (Fsp3) is 0.333. The number of aliphatic carboxylic acids is 1. The highest BCUT2D eigenvalue weighted by molar-refractivity contribution is 6.31. The molecule has 1 N–H and O–H groups in total. The lowest BCUT2D eigenvalue weighted by Crippen LogP contribution is -2.44. The summed E-state index contributed by atoms with van der Waals surface area (Å²) < 4.78 is 0. The molecule has 104 valence electrons. The molecule has 2 heterocycles. The molecule has 1 fully saturated rings. The number of nitrogens with zero attached hydrogens (tertiary/aromatic N) is 2. The molecule has 1 aliphatic heterocycles. The second-order valence-corrected chi connectivity index (χ2v) is 5.47. The lowest BCUT2D eigenvalue weighted by molar-refractivity contribution is -0.139. The molecule has 3 rings (SSSR count). The topological polar surface area (TPSA) is 53.4 Å². The van der Waals surface area contributed by atoms with Crippen LogP contribution in [0.3, 0.4) is 0 Å². The Labute approximate surface area is 122 Å². The lowest BCUT2D eigenvalue weighted by Gasteiger charge is -2.35. The third-order valence-electron chi connectivity index (χ3n) is 3.78. The van der Waals surface area contributed by atoms with Gasteiger partial charge in [-0.2, -0.15) is 0 Å². The van der Waals surface area contributed by atoms with Gasteiger partial charge in [-0.1, -0.05) is 11.6 Å². The zero-order chi connectivity index (χ0) is 14.1. The van der Waals surface area contributed by atoms with Gasteiger partial charge < -0.3 is 10.0 Å². The van der Waals surface area contributed by atoms with Gasteiger partial charge in [0.1, 0.15) is 6.04 Å². The number of carbonyl (C=O) groups is 1. The first-order valence-electron chi connectivity index (χ1n) is 6.70. The van der Waals surface area contributed by atoms with Crippen molar-refractivity contribution in [2.75, 3.05) is 11.4 Å². The number of benzene rings is 1. The summed E-state index contributed by atoms with van der Waals surface area (Å²) >= 11 is 5.99. The van der Waals surface area contributed by atoms with Crippen LogP contribution in [-0.2, 0) is 4.79 Å². The molecule has 0 saturated carbocycles. The summed E-state index contributed by atoms with van der Waals surface area (Å²) in [5.41, 5.74) is 1.73. The Bertz CT molecular complexity index is 659. The smallest absolute Gasteiger partial charge is 0.326 e. The monoisotopic (exact) mass is 290 g/mol. The molecule has 1 aromatic heterocycles. The van der Waals surface area contributed by atoms with E-state index in [9.17, 15) is 9.90 Å². The van der Waals surface area contributed by atoms with Crippen LogP contribution in [0, 0.1) is 0 Å². The number of hydrogen-bond donors (Lipinski definition) is 1. The Morgan fingerprint density at radius 1 is 1.35 bits per heavy atom. The minimum atomic E-state index is -0.761. The zero-order valence-electron chi connectivity index (χ0n) is 10.9. The minimum Gasteiger partial charge on any atom is -0.480 e. The van der Waals surface area contributed by atoms with Crippen molar-refractivity contribution in [3.8, 4) is 0 Å². The SMILES string of the molecule is O=C(O)C1CCCCN1c1ccnc2cc(Cl)ccc12. The van der Waals surface area contributed by atoms with E-state index in [1.807, 2.05) is 23.1 Å². The zero-order valence-corrected chi connectivity index (χ0v) is 11.7. The van der Waals surface area contributed by atoms with Gasteiger partial charge in [-0.15, -0.1) is 0 Å². The number of pyridine rings is 1. The van der Waals surface area contributed by atoms with Crippen molar-refractivity contribution in [3.05, 3.63) is 35.5 Å². The number of rotatable bonds is 2. The fourth-order valence-electron chi connectivity index (χ4n) is 2.83. The first kappa shape index (κ1) is 13.2. The molecule has 0 radical (unpaired) electrons. The van der Waals surface area contributed by atoms with Crippen LogP contribution in [0.15, 0.2) is 30.5 Å². The van der Waals surface area contributed by atoms with Crippen LogP contribution in [0.2, 0.25) is 5.02 Å². The number of piperidine rings is 1. The van der Waals surface area contributed by atoms with Crippen molar-refractivity contribution in [3.63, 3.8) is 0 Å². The van der Waals surface area contributed by atoms with Crippen LogP contribution in [0.4, 0.5) is 5.69 Å². The molecular weight excluding hydrogens is 276 g/mol. The van der Waals surface area contributed by atoms with Crippen LogP contribution in [-0.4, -0.2) is 28.6 Å². The highest BCUT2D eigenvalue weighted by Gasteiger charge is 2.29. The lowest BCUT2D eigenvalue weighted by atomic mass is 10.0. The second kappa shape index (κ2) is 5.29. The number of carboxylic acid groups (broad SMARTS) is 1. The molecule has 1 aromatic carbocycles. The van der Waals surface area contributed by atoms with Gasteiger partial charge in [-0.05, 0) is 43.5 Å². The number of hydrogen-bond acceptors (Lipinski definition) is 3. The van der Waals surface area contributed by atoms with E-state index in [4.69, 9.17) is 11.6 Å². The van der Waals surface area contributed by atoms with Gasteiger partial charge in [0.2, 0.25) is 0 Å². The van der Waals surface area contributed by atoms with Gasteiger partial charge in [0.15, 0.2) is 0 Å². The highest BCUT2D eigenvalue weighted by Crippen LogP contribution is 2.31. The van der Waals surface area contributed by atoms with Crippen molar-refractivity contribution >= 4 is 34.2 Å². The van der Waals surface area contributed by atoms with Crippen LogP contribution < -0.4 is 4.90 Å². The van der Waals surface area contributed by atoms with Gasteiger partial charge in [-0.25, -0.2) is 4.79 Å². The summed E-state index contributed by atoms with van der Waals surface area (Å²) in [4.78, 5) is 17.7. The number of anilines is 1. The summed E-state index contributed by atoms with van der Waals surface area (Å²) in [5, 5.41) is 11.0. The van der Waals surface area contributed by atoms with E-state index in [-0.39, 0.29) is 0 Å². The Hall–Kier alpha value is -1.81. The maximum absolute atomic E-state index is 11.4. The molecule has 5 heteroatoms. The van der Waals surface area contributed by atoms with Gasteiger partial charge in [0.25, 0.3) is 0 Å². The minimum absolute atomic E-state index is 0.454. The van der Waals surface area contributed by atoms with Crippen LogP contribution in [0.5, 0.6) is 0 Å². The number of aromatic nitrogens is 1. The Balaban J connectivity index is 2.10. The maximum atomic E-state index is 11.4. The predicted molar refractivity (Wildman–Crippen MR) is 79.4 cm³/mol. The molecule has 0 amide bonds. The third kappa shape index (κ3) is 2.31. The van der Waals surface area contributed by atoms with E-state index in [1.165, 1.54) is 0 Å². The summed E-state index contributed by atoms with van der Waals surface area (Å²) in [6, 6.07) is 6.96. The van der Waals surface area contributed by atoms with Gasteiger partial charge >= 0.3 is 5.97 Å². The molecule has 0 spiro atoms. The van der Waals surface area contributed by atoms with Crippen molar-refractivity contribution < 1.29 is 9.90 Å². The number of carboxylic acids is 1. The summed E-state index contributed by atoms with van der Waals surface area (Å²) in [7, 11) is 0. The van der Waals surface area contributed by atoms with Crippen molar-refractivity contribution in [1.29, 1.82) is 0 Å². The van der Waals surface area contributed by atoms with Crippen molar-refractivity contribution in [1.82, 2.24) is 4.98 Å². The van der Waals surface area contributed by atoms with Crippen LogP contribution in [0.25, 0.3) is 10.9 Å². The Kier molecular flexibility index (Phi) is 3.49. The maximum Gasteiger partial charge on any atom is 0.326 e. The molecular formula is C15H15ClN2O2. The van der Waals surface area contributed by atoms with Crippen molar-refractivity contribution in [2.24, 2.45) is 0 Å². The summed E-state index contributed by atoms with van der Waals surface area (Å²) in [6.45, 7) is 0.763. The molecule has 2 aromatic rings. The number of halogens is 1. The molecule has 1 aliphatic rings. The second-order valence-electron chi connectivity index (χ2n) is 5.03. The highest BCUT2D eigenvalue weighted by atomic mass is 35.5. The van der Waals surface area contributed by atoms with Gasteiger partial charge in [0.05, 0.1) is 5.52 Å². The Morgan fingerprint density at radius 3 is 3.00 bits per heavy atom. The number of fused-ring (bicyclic) bond motifs is 1. The first-order chi connectivity index (χ1) is 9.66. The van der Waals surface area contributed by atoms with Crippen LogP contribution in [0.1, 0.15) is 19.3 Å². The van der Waals surface area contributed by atoms with E-state index in [0.717, 1.165) is 36.0 Å². The molecule has 4 nitrogen and oxygen atoms in total. The molecule has 1 atom stereocenters. The first-order valence-corrected chi connectivity index (χ1v) is 7.08. The summed E-state index contributed by atoms with van der Waals surface area (Å²) in [6.07, 6.45) is 4.37. The normalized spacial score (nSPS) is 19.2. The molecule has 20 heavy (non-hydrogen) atoms. The largest absolute Gasteiger partial charge is 0.480 e.